The third-order valence-corrected chi connectivity index (χ3v) is 6.73. The largest absolute Gasteiger partial charge is 0.364 e. The second kappa shape index (κ2) is 9.38. The molecule has 2 saturated heterocycles. The van der Waals surface area contributed by atoms with Gasteiger partial charge in [-0.15, -0.1) is 0 Å². The van der Waals surface area contributed by atoms with Crippen LogP contribution in [0.25, 0.3) is 11.0 Å². The Labute approximate surface area is 198 Å². The van der Waals surface area contributed by atoms with Gasteiger partial charge >= 0.3 is 0 Å². The number of piperazine rings is 1. The normalized spacial score (nSPS) is 17.2. The van der Waals surface area contributed by atoms with Crippen LogP contribution in [-0.4, -0.2) is 86.9 Å². The molecule has 34 heavy (non-hydrogen) atoms. The minimum Gasteiger partial charge on any atom is -0.364 e. The monoisotopic (exact) mass is 462 g/mol. The molecule has 0 bridgehead atoms. The van der Waals surface area contributed by atoms with Gasteiger partial charge in [-0.1, -0.05) is 6.92 Å². The number of fused-ring (bicyclic) bond motifs is 1. The maximum atomic E-state index is 12.8. The summed E-state index contributed by atoms with van der Waals surface area (Å²) in [6.45, 7) is 7.98. The maximum absolute atomic E-state index is 12.8. The first kappa shape index (κ1) is 22.3. The number of aromatic nitrogens is 4. The van der Waals surface area contributed by atoms with E-state index in [9.17, 15) is 9.59 Å². The summed E-state index contributed by atoms with van der Waals surface area (Å²) in [6, 6.07) is 5.52. The fourth-order valence-corrected chi connectivity index (χ4v) is 4.69. The summed E-state index contributed by atoms with van der Waals surface area (Å²) in [4.78, 5) is 43.9. The van der Waals surface area contributed by atoms with E-state index in [-0.39, 0.29) is 11.6 Å². The highest BCUT2D eigenvalue weighted by atomic mass is 16.2. The molecule has 0 aliphatic carbocycles. The number of carbonyl (C=O) groups is 2. The van der Waals surface area contributed by atoms with Gasteiger partial charge < -0.3 is 20.1 Å². The van der Waals surface area contributed by atoms with Crippen molar-refractivity contribution in [3.8, 4) is 0 Å². The molecular weight excluding hydrogens is 432 g/mol. The molecule has 2 aliphatic rings. The number of nitrogens with zero attached hydrogens (tertiary/aromatic N) is 7. The molecule has 2 fully saturated rings. The van der Waals surface area contributed by atoms with Crippen LogP contribution < -0.4 is 10.6 Å². The van der Waals surface area contributed by atoms with Gasteiger partial charge in [0.25, 0.3) is 5.91 Å². The van der Waals surface area contributed by atoms with E-state index >= 15 is 0 Å². The number of pyridine rings is 1. The SMILES string of the molecule is CCc1cnc(N2CCN(C(=O)CN3CC(Cn4ccc5ccc(C(N)=O)nc54)C3)CC2)nc1. The molecule has 3 aromatic rings. The molecular formula is C24H30N8O2. The highest BCUT2D eigenvalue weighted by Gasteiger charge is 2.31. The number of rotatable bonds is 7. The number of carbonyl (C=O) groups excluding carboxylic acids is 2. The van der Waals surface area contributed by atoms with Crippen LogP contribution in [0, 0.1) is 5.92 Å². The van der Waals surface area contributed by atoms with E-state index < -0.39 is 5.91 Å². The van der Waals surface area contributed by atoms with Gasteiger partial charge in [0.15, 0.2) is 0 Å². The Bertz CT molecular complexity index is 1180. The Hall–Kier alpha value is -3.53. The average Bonchev–Trinajstić information content (AvgIpc) is 3.24. The predicted octanol–water partition coefficient (Wildman–Crippen LogP) is 0.768. The summed E-state index contributed by atoms with van der Waals surface area (Å²) in [5.41, 5.74) is 7.55. The molecule has 2 aliphatic heterocycles. The van der Waals surface area contributed by atoms with Crippen molar-refractivity contribution in [3.05, 3.63) is 48.0 Å². The number of amides is 2. The molecule has 0 radical (unpaired) electrons. The van der Waals surface area contributed by atoms with Gasteiger partial charge in [-0.2, -0.15) is 0 Å². The van der Waals surface area contributed by atoms with Gasteiger partial charge in [0.05, 0.1) is 6.54 Å². The van der Waals surface area contributed by atoms with Gasteiger partial charge in [0.1, 0.15) is 11.3 Å². The van der Waals surface area contributed by atoms with E-state index in [4.69, 9.17) is 5.73 Å². The molecule has 0 saturated carbocycles. The number of hydrogen-bond acceptors (Lipinski definition) is 7. The molecule has 10 nitrogen and oxygen atoms in total. The number of anilines is 1. The van der Waals surface area contributed by atoms with Crippen LogP contribution in [-0.2, 0) is 17.8 Å². The van der Waals surface area contributed by atoms with E-state index in [1.807, 2.05) is 35.6 Å². The fraction of sp³-hybridized carbons (Fsp3) is 0.458. The highest BCUT2D eigenvalue weighted by Crippen LogP contribution is 2.22. The Kier molecular flexibility index (Phi) is 6.14. The quantitative estimate of drug-likeness (QED) is 0.552. The van der Waals surface area contributed by atoms with Gasteiger partial charge in [0.2, 0.25) is 11.9 Å². The number of primary amides is 1. The molecule has 2 amide bonds. The lowest BCUT2D eigenvalue weighted by atomic mass is 10.00. The van der Waals surface area contributed by atoms with E-state index in [2.05, 4.69) is 36.2 Å². The second-order valence-electron chi connectivity index (χ2n) is 9.11. The van der Waals surface area contributed by atoms with Crippen molar-refractivity contribution >= 4 is 28.8 Å². The van der Waals surface area contributed by atoms with Crippen molar-refractivity contribution in [2.24, 2.45) is 11.7 Å². The van der Waals surface area contributed by atoms with Gasteiger partial charge in [-0.05, 0) is 30.2 Å². The Morgan fingerprint density at radius 2 is 1.79 bits per heavy atom. The highest BCUT2D eigenvalue weighted by molar-refractivity contribution is 5.93. The molecule has 2 N–H and O–H groups in total. The topological polar surface area (TPSA) is 113 Å². The van der Waals surface area contributed by atoms with Crippen LogP contribution in [0.1, 0.15) is 23.0 Å². The molecule has 5 heterocycles. The zero-order valence-electron chi connectivity index (χ0n) is 19.4. The Balaban J connectivity index is 1.08. The zero-order valence-corrected chi connectivity index (χ0v) is 19.4. The summed E-state index contributed by atoms with van der Waals surface area (Å²) in [6.07, 6.45) is 6.68. The Morgan fingerprint density at radius 3 is 2.47 bits per heavy atom. The van der Waals surface area contributed by atoms with Crippen LogP contribution >= 0.6 is 0 Å². The average molecular weight is 463 g/mol. The van der Waals surface area contributed by atoms with Crippen molar-refractivity contribution in [2.75, 3.05) is 50.7 Å². The summed E-state index contributed by atoms with van der Waals surface area (Å²) in [7, 11) is 0. The lowest BCUT2D eigenvalue weighted by Crippen LogP contribution is -2.55. The molecule has 10 heteroatoms. The molecule has 178 valence electrons. The molecule has 3 aromatic heterocycles. The lowest BCUT2D eigenvalue weighted by molar-refractivity contribution is -0.134. The van der Waals surface area contributed by atoms with Crippen molar-refractivity contribution in [2.45, 2.75) is 19.9 Å². The minimum atomic E-state index is -0.522. The summed E-state index contributed by atoms with van der Waals surface area (Å²) < 4.78 is 2.07. The van der Waals surface area contributed by atoms with Crippen LogP contribution in [0.5, 0.6) is 0 Å². The maximum Gasteiger partial charge on any atom is 0.267 e. The smallest absolute Gasteiger partial charge is 0.267 e. The molecule has 0 atom stereocenters. The number of hydrogen-bond donors (Lipinski definition) is 1. The van der Waals surface area contributed by atoms with Crippen molar-refractivity contribution in [3.63, 3.8) is 0 Å². The van der Waals surface area contributed by atoms with Gasteiger partial charge in [-0.25, -0.2) is 15.0 Å². The fourth-order valence-electron chi connectivity index (χ4n) is 4.69. The predicted molar refractivity (Wildman–Crippen MR) is 128 cm³/mol. The third-order valence-electron chi connectivity index (χ3n) is 6.73. The first-order valence-corrected chi connectivity index (χ1v) is 11.8. The number of likely N-dealkylation sites (tertiary alicyclic amines) is 1. The Morgan fingerprint density at radius 1 is 1.06 bits per heavy atom. The molecule has 0 aromatic carbocycles. The van der Waals surface area contributed by atoms with Crippen LogP contribution in [0.15, 0.2) is 36.8 Å². The number of nitrogens with two attached hydrogens (primary N) is 1. The van der Waals surface area contributed by atoms with Crippen molar-refractivity contribution in [1.29, 1.82) is 0 Å². The first-order valence-electron chi connectivity index (χ1n) is 11.8. The summed E-state index contributed by atoms with van der Waals surface area (Å²) in [5.74, 6) is 0.845. The van der Waals surface area contributed by atoms with Crippen LogP contribution in [0.4, 0.5) is 5.95 Å². The van der Waals surface area contributed by atoms with E-state index in [1.54, 1.807) is 6.07 Å². The minimum absolute atomic E-state index is 0.180. The molecule has 0 spiro atoms. The molecule has 0 unspecified atom stereocenters. The first-order chi connectivity index (χ1) is 16.5. The molecule has 5 rings (SSSR count). The second-order valence-corrected chi connectivity index (χ2v) is 9.11. The number of aryl methyl sites for hydroxylation is 1. The lowest BCUT2D eigenvalue weighted by Gasteiger charge is -2.41. The third kappa shape index (κ3) is 4.58. The summed E-state index contributed by atoms with van der Waals surface area (Å²) in [5, 5.41) is 0.988. The van der Waals surface area contributed by atoms with E-state index in [1.165, 1.54) is 0 Å². The van der Waals surface area contributed by atoms with Crippen molar-refractivity contribution in [1.82, 2.24) is 29.3 Å². The van der Waals surface area contributed by atoms with Gasteiger partial charge in [-0.3, -0.25) is 14.5 Å². The van der Waals surface area contributed by atoms with E-state index in [0.717, 1.165) is 61.7 Å². The van der Waals surface area contributed by atoms with Crippen molar-refractivity contribution < 1.29 is 9.59 Å². The zero-order chi connectivity index (χ0) is 23.7. The van der Waals surface area contributed by atoms with Crippen LogP contribution in [0.2, 0.25) is 0 Å². The standard InChI is InChI=1S/C24H30N8O2/c1-2-17-11-26-24(27-12-17)31-9-7-30(8-10-31)21(33)16-29-13-18(14-29)15-32-6-5-19-3-4-20(22(25)34)28-23(19)32/h3-6,11-12,18H,2,7-10,13-16H2,1H3,(H2,25,34). The summed E-state index contributed by atoms with van der Waals surface area (Å²) >= 11 is 0. The van der Waals surface area contributed by atoms with E-state index in [0.29, 0.717) is 25.6 Å². The van der Waals surface area contributed by atoms with Gasteiger partial charge in [0, 0.05) is 75.7 Å². The van der Waals surface area contributed by atoms with Crippen LogP contribution in [0.3, 0.4) is 0 Å².